The van der Waals surface area contributed by atoms with Gasteiger partial charge in [-0.1, -0.05) is 24.3 Å². The maximum atomic E-state index is 12.9. The van der Waals surface area contributed by atoms with E-state index in [0.717, 1.165) is 29.7 Å². The van der Waals surface area contributed by atoms with Gasteiger partial charge in [0.1, 0.15) is 17.2 Å². The summed E-state index contributed by atoms with van der Waals surface area (Å²) >= 11 is 0. The van der Waals surface area contributed by atoms with E-state index in [-0.39, 0.29) is 12.1 Å². The number of fused-ring (bicyclic) bond motifs is 1. The summed E-state index contributed by atoms with van der Waals surface area (Å²) in [4.78, 5) is 12.1. The first-order valence-electron chi connectivity index (χ1n) is 7.07. The summed E-state index contributed by atoms with van der Waals surface area (Å²) < 4.78 is 12.9. The number of aliphatic hydroxyl groups is 1. The summed E-state index contributed by atoms with van der Waals surface area (Å²) in [5.74, 6) is -1.58. The lowest BCUT2D eigenvalue weighted by Crippen LogP contribution is -2.39. The molecule has 0 radical (unpaired) electrons. The van der Waals surface area contributed by atoms with Gasteiger partial charge in [0.15, 0.2) is 0 Å². The van der Waals surface area contributed by atoms with Crippen molar-refractivity contribution in [2.24, 2.45) is 0 Å². The summed E-state index contributed by atoms with van der Waals surface area (Å²) in [5, 5.41) is 22.9. The second kappa shape index (κ2) is 5.42. The lowest BCUT2D eigenvalue weighted by atomic mass is 9.96. The highest BCUT2D eigenvalue weighted by atomic mass is 19.1. The molecule has 1 unspecified atom stereocenters. The minimum absolute atomic E-state index is 0.0173. The molecule has 1 amide bonds. The van der Waals surface area contributed by atoms with E-state index >= 15 is 0 Å². The fourth-order valence-electron chi connectivity index (χ4n) is 2.87. The summed E-state index contributed by atoms with van der Waals surface area (Å²) in [6.45, 7) is 0.0413. The Morgan fingerprint density at radius 2 is 2.05 bits per heavy atom. The van der Waals surface area contributed by atoms with Gasteiger partial charge in [-0.15, -0.1) is 0 Å². The third-order valence-corrected chi connectivity index (χ3v) is 4.07. The third kappa shape index (κ3) is 2.55. The second-order valence-corrected chi connectivity index (χ2v) is 5.53. The molecule has 0 aromatic heterocycles. The van der Waals surface area contributed by atoms with Crippen LogP contribution in [-0.4, -0.2) is 22.7 Å². The zero-order chi connectivity index (χ0) is 15.7. The molecule has 3 rings (SSSR count). The number of carbonyl (C=O) groups is 1. The van der Waals surface area contributed by atoms with Crippen molar-refractivity contribution < 1.29 is 19.4 Å². The van der Waals surface area contributed by atoms with E-state index in [1.165, 1.54) is 6.07 Å². The summed E-state index contributed by atoms with van der Waals surface area (Å²) in [5.41, 5.74) is 0.765. The molecule has 1 aliphatic rings. The van der Waals surface area contributed by atoms with Crippen molar-refractivity contribution >= 4 is 5.91 Å². The predicted molar refractivity (Wildman–Crippen MR) is 79.1 cm³/mol. The molecule has 4 nitrogen and oxygen atoms in total. The molecule has 1 aliphatic carbocycles. The number of carbonyl (C=O) groups excluding carboxylic acids is 1. The quantitative estimate of drug-likeness (QED) is 0.813. The fourth-order valence-corrected chi connectivity index (χ4v) is 2.87. The number of hydrogen-bond acceptors (Lipinski definition) is 3. The number of nitrogens with one attached hydrogen (secondary N) is 1. The van der Waals surface area contributed by atoms with Gasteiger partial charge in [-0.05, 0) is 36.1 Å². The highest BCUT2D eigenvalue weighted by Gasteiger charge is 2.36. The lowest BCUT2D eigenvalue weighted by molar-refractivity contribution is 0.0369. The normalized spacial score (nSPS) is 19.7. The van der Waals surface area contributed by atoms with Crippen molar-refractivity contribution in [3.8, 4) is 5.75 Å². The first-order chi connectivity index (χ1) is 10.5. The van der Waals surface area contributed by atoms with Gasteiger partial charge in [-0.2, -0.15) is 0 Å². The van der Waals surface area contributed by atoms with Gasteiger partial charge >= 0.3 is 0 Å². The first kappa shape index (κ1) is 14.5. The Kier molecular flexibility index (Phi) is 3.58. The van der Waals surface area contributed by atoms with E-state index in [9.17, 15) is 19.4 Å². The number of halogens is 1. The molecule has 1 atom stereocenters. The minimum atomic E-state index is -1.11. The summed E-state index contributed by atoms with van der Waals surface area (Å²) in [6.07, 6.45) is 1.28. The standard InChI is InChI=1S/C17H16FNO3/c18-12-5-6-13(15(20)9-12)16(21)19-10-17(22)8-7-11-3-1-2-4-14(11)17/h1-6,9,20,22H,7-8,10H2,(H,19,21). The second-order valence-electron chi connectivity index (χ2n) is 5.53. The molecule has 3 N–H and O–H groups in total. The highest BCUT2D eigenvalue weighted by Crippen LogP contribution is 2.36. The Hall–Kier alpha value is -2.40. The number of aryl methyl sites for hydroxylation is 1. The van der Waals surface area contributed by atoms with Crippen molar-refractivity contribution in [2.45, 2.75) is 18.4 Å². The van der Waals surface area contributed by atoms with Crippen LogP contribution in [0.5, 0.6) is 5.75 Å². The zero-order valence-electron chi connectivity index (χ0n) is 11.8. The number of phenolic OH excluding ortho intramolecular Hbond substituents is 1. The van der Waals surface area contributed by atoms with E-state index in [2.05, 4.69) is 5.32 Å². The Balaban J connectivity index is 1.74. The average Bonchev–Trinajstić information content (AvgIpc) is 2.83. The van der Waals surface area contributed by atoms with E-state index in [1.807, 2.05) is 24.3 Å². The number of benzene rings is 2. The molecule has 5 heteroatoms. The van der Waals surface area contributed by atoms with Crippen LogP contribution in [0.25, 0.3) is 0 Å². The van der Waals surface area contributed by atoms with Crippen molar-refractivity contribution in [3.63, 3.8) is 0 Å². The lowest BCUT2D eigenvalue weighted by Gasteiger charge is -2.24. The Bertz CT molecular complexity index is 732. The minimum Gasteiger partial charge on any atom is -0.507 e. The van der Waals surface area contributed by atoms with Crippen LogP contribution in [0.2, 0.25) is 0 Å². The summed E-state index contributed by atoms with van der Waals surface area (Å²) in [6, 6.07) is 10.8. The molecule has 0 heterocycles. The van der Waals surface area contributed by atoms with Crippen molar-refractivity contribution in [2.75, 3.05) is 6.54 Å². The molecule has 2 aromatic rings. The average molecular weight is 301 g/mol. The van der Waals surface area contributed by atoms with E-state index < -0.39 is 23.1 Å². The monoisotopic (exact) mass is 301 g/mol. The molecule has 0 saturated carbocycles. The molecule has 0 aliphatic heterocycles. The number of amides is 1. The van der Waals surface area contributed by atoms with Gasteiger partial charge in [-0.25, -0.2) is 4.39 Å². The molecule has 2 aromatic carbocycles. The highest BCUT2D eigenvalue weighted by molar-refractivity contribution is 5.96. The van der Waals surface area contributed by atoms with Crippen LogP contribution < -0.4 is 5.32 Å². The Labute approximate surface area is 127 Å². The van der Waals surface area contributed by atoms with E-state index in [1.54, 1.807) is 0 Å². The molecule has 0 saturated heterocycles. The van der Waals surface area contributed by atoms with Crippen molar-refractivity contribution in [1.29, 1.82) is 0 Å². The maximum Gasteiger partial charge on any atom is 0.255 e. The molecular weight excluding hydrogens is 285 g/mol. The summed E-state index contributed by atoms with van der Waals surface area (Å²) in [7, 11) is 0. The van der Waals surface area contributed by atoms with Gasteiger partial charge in [0.25, 0.3) is 5.91 Å². The molecule has 22 heavy (non-hydrogen) atoms. The third-order valence-electron chi connectivity index (χ3n) is 4.07. The van der Waals surface area contributed by atoms with Crippen LogP contribution in [0.1, 0.15) is 27.9 Å². The SMILES string of the molecule is O=C(NCC1(O)CCc2ccccc21)c1ccc(F)cc1O. The number of rotatable bonds is 3. The Morgan fingerprint density at radius 3 is 2.82 bits per heavy atom. The van der Waals surface area contributed by atoms with Gasteiger partial charge in [0.2, 0.25) is 0 Å². The topological polar surface area (TPSA) is 69.6 Å². The zero-order valence-corrected chi connectivity index (χ0v) is 11.8. The van der Waals surface area contributed by atoms with Crippen molar-refractivity contribution in [1.82, 2.24) is 5.32 Å². The molecule has 0 bridgehead atoms. The van der Waals surface area contributed by atoms with Gasteiger partial charge in [-0.3, -0.25) is 4.79 Å². The van der Waals surface area contributed by atoms with Gasteiger partial charge in [0.05, 0.1) is 12.1 Å². The van der Waals surface area contributed by atoms with Crippen LogP contribution in [0.15, 0.2) is 42.5 Å². The van der Waals surface area contributed by atoms with Crippen LogP contribution in [0, 0.1) is 5.82 Å². The largest absolute Gasteiger partial charge is 0.507 e. The van der Waals surface area contributed by atoms with Crippen LogP contribution >= 0.6 is 0 Å². The van der Waals surface area contributed by atoms with Gasteiger partial charge in [0, 0.05) is 6.07 Å². The predicted octanol–water partition coefficient (Wildman–Crippen LogP) is 2.10. The van der Waals surface area contributed by atoms with Crippen LogP contribution in [0.3, 0.4) is 0 Å². The molecule has 114 valence electrons. The van der Waals surface area contributed by atoms with Crippen LogP contribution in [0.4, 0.5) is 4.39 Å². The smallest absolute Gasteiger partial charge is 0.255 e. The van der Waals surface area contributed by atoms with E-state index in [0.29, 0.717) is 6.42 Å². The Morgan fingerprint density at radius 1 is 1.27 bits per heavy atom. The number of hydrogen-bond donors (Lipinski definition) is 3. The molecular formula is C17H16FNO3. The maximum absolute atomic E-state index is 12.9. The molecule has 0 fully saturated rings. The number of aromatic hydroxyl groups is 1. The first-order valence-corrected chi connectivity index (χ1v) is 7.07. The number of phenols is 1. The fraction of sp³-hybridized carbons (Fsp3) is 0.235. The van der Waals surface area contributed by atoms with Crippen LogP contribution in [-0.2, 0) is 12.0 Å². The molecule has 0 spiro atoms. The van der Waals surface area contributed by atoms with Gasteiger partial charge < -0.3 is 15.5 Å². The van der Waals surface area contributed by atoms with E-state index in [4.69, 9.17) is 0 Å². The van der Waals surface area contributed by atoms with Crippen molar-refractivity contribution in [3.05, 3.63) is 65.0 Å².